The van der Waals surface area contributed by atoms with E-state index in [1.807, 2.05) is 0 Å². The van der Waals surface area contributed by atoms with E-state index in [-0.39, 0.29) is 23.8 Å². The van der Waals surface area contributed by atoms with Gasteiger partial charge in [0, 0.05) is 30.0 Å². The van der Waals surface area contributed by atoms with Crippen LogP contribution >= 0.6 is 15.9 Å². The van der Waals surface area contributed by atoms with E-state index in [0.717, 1.165) is 14.7 Å². The Bertz CT molecular complexity index is 863. The Balaban J connectivity index is 1.65. The average Bonchev–Trinajstić information content (AvgIpc) is 3.11. The molecule has 1 amide bonds. The maximum Gasteiger partial charge on any atom is 0.410 e. The molecule has 6 nitrogen and oxygen atoms in total. The number of anilines is 1. The number of benzene rings is 1. The van der Waals surface area contributed by atoms with Crippen LogP contribution in [-0.4, -0.2) is 53.1 Å². The number of ether oxygens (including phenoxy) is 1. The van der Waals surface area contributed by atoms with E-state index < -0.39 is 18.3 Å². The molecule has 0 bridgehead atoms. The second kappa shape index (κ2) is 7.40. The van der Waals surface area contributed by atoms with Crippen molar-refractivity contribution in [1.29, 1.82) is 0 Å². The van der Waals surface area contributed by atoms with Crippen molar-refractivity contribution in [3.63, 3.8) is 0 Å². The summed E-state index contributed by atoms with van der Waals surface area (Å²) in [6.07, 6.45) is -4.68. The smallest absolute Gasteiger partial charge is 0.378 e. The van der Waals surface area contributed by atoms with Crippen molar-refractivity contribution in [2.45, 2.75) is 24.7 Å². The van der Waals surface area contributed by atoms with Gasteiger partial charge in [-0.15, -0.1) is 0 Å². The van der Waals surface area contributed by atoms with Crippen molar-refractivity contribution in [3.8, 4) is 0 Å². The van der Waals surface area contributed by atoms with E-state index in [0.29, 0.717) is 26.3 Å². The van der Waals surface area contributed by atoms with E-state index >= 15 is 0 Å². The van der Waals surface area contributed by atoms with E-state index in [4.69, 9.17) is 4.74 Å². The number of hydrogen-bond acceptors (Lipinski definition) is 4. The van der Waals surface area contributed by atoms with Gasteiger partial charge < -0.3 is 15.0 Å². The maximum absolute atomic E-state index is 13.7. The van der Waals surface area contributed by atoms with Crippen molar-refractivity contribution in [1.82, 2.24) is 14.7 Å². The molecule has 0 spiro atoms. The van der Waals surface area contributed by atoms with Crippen LogP contribution in [0.25, 0.3) is 0 Å². The normalized spacial score (nSPS) is 22.5. The quantitative estimate of drug-likeness (QED) is 0.743. The highest BCUT2D eigenvalue weighted by Crippen LogP contribution is 2.43. The Morgan fingerprint density at radius 2 is 1.89 bits per heavy atom. The number of alkyl halides is 3. The summed E-state index contributed by atoms with van der Waals surface area (Å²) in [5.41, 5.74) is 0.751. The lowest BCUT2D eigenvalue weighted by Crippen LogP contribution is -2.41. The molecular weight excluding hydrogens is 441 g/mol. The van der Waals surface area contributed by atoms with Crippen molar-refractivity contribution in [2.24, 2.45) is 0 Å². The summed E-state index contributed by atoms with van der Waals surface area (Å²) in [6, 6.07) is 6.21. The molecule has 1 aromatic heterocycles. The van der Waals surface area contributed by atoms with E-state index in [9.17, 15) is 18.0 Å². The summed E-state index contributed by atoms with van der Waals surface area (Å²) in [7, 11) is 0. The Hall–Kier alpha value is -2.07. The number of nitrogens with one attached hydrogen (secondary N) is 1. The number of rotatable bonds is 2. The number of halogens is 4. The molecule has 1 aromatic carbocycles. The van der Waals surface area contributed by atoms with Crippen LogP contribution in [0.3, 0.4) is 0 Å². The summed E-state index contributed by atoms with van der Waals surface area (Å²) in [6.45, 7) is 1.63. The number of morpholine rings is 1. The van der Waals surface area contributed by atoms with Gasteiger partial charge in [0.2, 0.25) is 0 Å². The predicted molar refractivity (Wildman–Crippen MR) is 99.2 cm³/mol. The molecule has 1 saturated heterocycles. The minimum atomic E-state index is -4.48. The molecule has 1 N–H and O–H groups in total. The predicted octanol–water partition coefficient (Wildman–Crippen LogP) is 3.78. The standard InChI is InChI=1S/C18H18BrF3N4O2/c19-12-3-1-11(2-4-12)13-9-15(18(20,21)22)26-16(23-13)10-14(24-26)17(27)25-5-7-28-8-6-25/h1-4,10,13,15,23H,5-9H2/t13-,15-/m1/s1. The summed E-state index contributed by atoms with van der Waals surface area (Å²) >= 11 is 3.33. The first-order valence-corrected chi connectivity index (χ1v) is 9.67. The van der Waals surface area contributed by atoms with Gasteiger partial charge in [-0.1, -0.05) is 28.1 Å². The Labute approximate surface area is 167 Å². The summed E-state index contributed by atoms with van der Waals surface area (Å²) in [4.78, 5) is 14.2. The molecule has 2 aliphatic heterocycles. The number of nitrogens with zero attached hydrogens (tertiary/aromatic N) is 3. The van der Waals surface area contributed by atoms with Gasteiger partial charge >= 0.3 is 6.18 Å². The van der Waals surface area contributed by atoms with Gasteiger partial charge in [0.25, 0.3) is 5.91 Å². The van der Waals surface area contributed by atoms with Gasteiger partial charge in [-0.25, -0.2) is 4.68 Å². The minimum Gasteiger partial charge on any atom is -0.378 e. The van der Waals surface area contributed by atoms with Crippen molar-refractivity contribution in [3.05, 3.63) is 46.1 Å². The minimum absolute atomic E-state index is 0.00936. The van der Waals surface area contributed by atoms with Crippen molar-refractivity contribution in [2.75, 3.05) is 31.6 Å². The fraction of sp³-hybridized carbons (Fsp3) is 0.444. The van der Waals surface area contributed by atoms with Crippen LogP contribution in [-0.2, 0) is 4.74 Å². The third-order valence-electron chi connectivity index (χ3n) is 4.98. The van der Waals surface area contributed by atoms with E-state index in [1.54, 1.807) is 29.2 Å². The number of carbonyl (C=O) groups is 1. The van der Waals surface area contributed by atoms with Crippen LogP contribution in [0, 0.1) is 0 Å². The van der Waals surface area contributed by atoms with Gasteiger partial charge in [-0.2, -0.15) is 18.3 Å². The molecule has 0 radical (unpaired) electrons. The molecule has 4 rings (SSSR count). The van der Waals surface area contributed by atoms with Crippen LogP contribution < -0.4 is 5.32 Å². The highest BCUT2D eigenvalue weighted by atomic mass is 79.9. The van der Waals surface area contributed by atoms with Crippen LogP contribution in [0.15, 0.2) is 34.8 Å². The van der Waals surface area contributed by atoms with E-state index in [1.165, 1.54) is 6.07 Å². The SMILES string of the molecule is O=C(c1cc2n(n1)[C@@H](C(F)(F)F)C[C@H](c1ccc(Br)cc1)N2)N1CCOCC1. The lowest BCUT2D eigenvalue weighted by atomic mass is 9.97. The molecule has 28 heavy (non-hydrogen) atoms. The lowest BCUT2D eigenvalue weighted by molar-refractivity contribution is -0.173. The maximum atomic E-state index is 13.7. The lowest BCUT2D eigenvalue weighted by Gasteiger charge is -2.33. The summed E-state index contributed by atoms with van der Waals surface area (Å²) in [5.74, 6) is -0.189. The Morgan fingerprint density at radius 3 is 2.54 bits per heavy atom. The largest absolute Gasteiger partial charge is 0.410 e. The average molecular weight is 459 g/mol. The third-order valence-corrected chi connectivity index (χ3v) is 5.51. The molecule has 0 unspecified atom stereocenters. The van der Waals surface area contributed by atoms with Gasteiger partial charge in [0.1, 0.15) is 5.82 Å². The Morgan fingerprint density at radius 1 is 1.21 bits per heavy atom. The highest BCUT2D eigenvalue weighted by Gasteiger charge is 2.47. The molecular formula is C18H18BrF3N4O2. The summed E-state index contributed by atoms with van der Waals surface area (Å²) < 4.78 is 48.1. The van der Waals surface area contributed by atoms with E-state index in [2.05, 4.69) is 26.3 Å². The zero-order valence-corrected chi connectivity index (χ0v) is 16.3. The monoisotopic (exact) mass is 458 g/mol. The second-order valence-corrected chi connectivity index (χ2v) is 7.72. The van der Waals surface area contributed by atoms with Gasteiger partial charge in [-0.05, 0) is 17.7 Å². The topological polar surface area (TPSA) is 59.4 Å². The molecule has 150 valence electrons. The second-order valence-electron chi connectivity index (χ2n) is 6.81. The van der Waals surface area contributed by atoms with Crippen LogP contribution in [0.2, 0.25) is 0 Å². The molecule has 2 atom stereocenters. The third kappa shape index (κ3) is 3.75. The van der Waals surface area contributed by atoms with Crippen LogP contribution in [0.5, 0.6) is 0 Å². The first kappa shape index (κ1) is 19.3. The zero-order chi connectivity index (χ0) is 19.9. The van der Waals surface area contributed by atoms with Crippen molar-refractivity contribution >= 4 is 27.7 Å². The zero-order valence-electron chi connectivity index (χ0n) is 14.7. The molecule has 3 heterocycles. The molecule has 1 fully saturated rings. The number of aromatic nitrogens is 2. The molecule has 2 aliphatic rings. The highest BCUT2D eigenvalue weighted by molar-refractivity contribution is 9.10. The van der Waals surface area contributed by atoms with Crippen molar-refractivity contribution < 1.29 is 22.7 Å². The summed E-state index contributed by atoms with van der Waals surface area (Å²) in [5, 5.41) is 7.11. The van der Waals surface area contributed by atoms with Crippen LogP contribution in [0.4, 0.5) is 19.0 Å². The molecule has 10 heteroatoms. The number of hydrogen-bond donors (Lipinski definition) is 1. The number of fused-ring (bicyclic) bond motifs is 1. The fourth-order valence-corrected chi connectivity index (χ4v) is 3.78. The first-order chi connectivity index (χ1) is 13.3. The van der Waals surface area contributed by atoms with Gasteiger partial charge in [-0.3, -0.25) is 4.79 Å². The van der Waals surface area contributed by atoms with Crippen LogP contribution in [0.1, 0.15) is 34.6 Å². The molecule has 0 saturated carbocycles. The first-order valence-electron chi connectivity index (χ1n) is 8.88. The Kier molecular flexibility index (Phi) is 5.09. The van der Waals surface area contributed by atoms with Gasteiger partial charge in [0.05, 0.1) is 19.3 Å². The van der Waals surface area contributed by atoms with Gasteiger partial charge in [0.15, 0.2) is 11.7 Å². The fourth-order valence-electron chi connectivity index (χ4n) is 3.52. The number of amides is 1. The number of carbonyl (C=O) groups excluding carboxylic acids is 1. The molecule has 0 aliphatic carbocycles. The molecule has 2 aromatic rings.